The van der Waals surface area contributed by atoms with Crippen LogP contribution in [0.15, 0.2) is 47.6 Å². The number of nitrogens with zero attached hydrogens (tertiary/aromatic N) is 1. The van der Waals surface area contributed by atoms with Gasteiger partial charge in [-0.1, -0.05) is 17.7 Å². The predicted octanol–water partition coefficient (Wildman–Crippen LogP) is 3.32. The molecule has 0 bridgehead atoms. The van der Waals surface area contributed by atoms with E-state index in [-0.39, 0.29) is 15.8 Å². The third kappa shape index (κ3) is 4.36. The molecule has 134 valence electrons. The molecule has 0 aliphatic carbocycles. The lowest BCUT2D eigenvalue weighted by Gasteiger charge is -2.31. The van der Waals surface area contributed by atoms with Gasteiger partial charge in [0.15, 0.2) is 0 Å². The Kier molecular flexibility index (Phi) is 5.68. The van der Waals surface area contributed by atoms with Crippen LogP contribution in [-0.2, 0) is 14.8 Å². The van der Waals surface area contributed by atoms with Crippen LogP contribution in [0.3, 0.4) is 0 Å². The molecule has 1 aliphatic rings. The molecular formula is C17H18ClFN2O3S. The maximum absolute atomic E-state index is 13.3. The van der Waals surface area contributed by atoms with Gasteiger partial charge >= 0.3 is 0 Å². The van der Waals surface area contributed by atoms with Crippen molar-refractivity contribution in [3.05, 3.63) is 59.1 Å². The van der Waals surface area contributed by atoms with E-state index in [9.17, 15) is 12.8 Å². The van der Waals surface area contributed by atoms with Gasteiger partial charge in [-0.25, -0.2) is 17.5 Å². The molecule has 1 N–H and O–H groups in total. The number of pyridine rings is 1. The maximum Gasteiger partial charge on any atom is 0.241 e. The molecular weight excluding hydrogens is 367 g/mol. The standard InChI is InChI=1S/C17H18ClFN2O3S/c18-15-10-14(3-4-16(15)19)25(22,23)21-17(12-5-8-24-9-6-12)13-2-1-7-20-11-13/h1-4,7,10-12,17,21H,5-6,8-9H2/t17-/m0/s1. The van der Waals surface area contributed by atoms with E-state index >= 15 is 0 Å². The summed E-state index contributed by atoms with van der Waals surface area (Å²) in [7, 11) is -3.87. The molecule has 0 amide bonds. The minimum atomic E-state index is -3.87. The molecule has 3 rings (SSSR count). The summed E-state index contributed by atoms with van der Waals surface area (Å²) in [6.07, 6.45) is 4.78. The van der Waals surface area contributed by atoms with Crippen molar-refractivity contribution < 1.29 is 17.5 Å². The lowest BCUT2D eigenvalue weighted by atomic mass is 9.88. The average molecular weight is 385 g/mol. The molecule has 1 atom stereocenters. The van der Waals surface area contributed by atoms with Gasteiger partial charge < -0.3 is 4.74 Å². The van der Waals surface area contributed by atoms with Crippen LogP contribution in [0.1, 0.15) is 24.4 Å². The summed E-state index contributed by atoms with van der Waals surface area (Å²) in [6, 6.07) is 6.53. The maximum atomic E-state index is 13.3. The number of nitrogens with one attached hydrogen (secondary N) is 1. The smallest absolute Gasteiger partial charge is 0.241 e. The fourth-order valence-corrected chi connectivity index (χ4v) is 4.49. The van der Waals surface area contributed by atoms with E-state index in [1.807, 2.05) is 6.07 Å². The van der Waals surface area contributed by atoms with E-state index in [4.69, 9.17) is 16.3 Å². The second-order valence-electron chi connectivity index (χ2n) is 5.91. The molecule has 5 nitrogen and oxygen atoms in total. The van der Waals surface area contributed by atoms with Gasteiger partial charge in [-0.15, -0.1) is 0 Å². The Balaban J connectivity index is 1.92. The van der Waals surface area contributed by atoms with Crippen molar-refractivity contribution in [3.63, 3.8) is 0 Å². The summed E-state index contributed by atoms with van der Waals surface area (Å²) >= 11 is 5.73. The van der Waals surface area contributed by atoms with Crippen LogP contribution in [0, 0.1) is 11.7 Å². The van der Waals surface area contributed by atoms with Crippen molar-refractivity contribution in [2.45, 2.75) is 23.8 Å². The molecule has 2 heterocycles. The number of hydrogen-bond donors (Lipinski definition) is 1. The molecule has 1 aromatic heterocycles. The third-order valence-electron chi connectivity index (χ3n) is 4.26. The monoisotopic (exact) mass is 384 g/mol. The molecule has 1 aromatic carbocycles. The van der Waals surface area contributed by atoms with Crippen LogP contribution in [0.4, 0.5) is 4.39 Å². The van der Waals surface area contributed by atoms with Crippen LogP contribution in [0.2, 0.25) is 5.02 Å². The highest BCUT2D eigenvalue weighted by atomic mass is 35.5. The summed E-state index contributed by atoms with van der Waals surface area (Å²) in [5.74, 6) is -0.572. The van der Waals surface area contributed by atoms with E-state index in [2.05, 4.69) is 9.71 Å². The van der Waals surface area contributed by atoms with E-state index in [1.165, 1.54) is 6.07 Å². The lowest BCUT2D eigenvalue weighted by Crippen LogP contribution is -2.36. The van der Waals surface area contributed by atoms with E-state index in [0.29, 0.717) is 13.2 Å². The second-order valence-corrected chi connectivity index (χ2v) is 8.03. The summed E-state index contributed by atoms with van der Waals surface area (Å²) in [6.45, 7) is 1.18. The average Bonchev–Trinajstić information content (AvgIpc) is 2.63. The lowest BCUT2D eigenvalue weighted by molar-refractivity contribution is 0.0564. The van der Waals surface area contributed by atoms with Crippen molar-refractivity contribution in [3.8, 4) is 0 Å². The molecule has 0 unspecified atom stereocenters. The Bertz CT molecular complexity index is 827. The van der Waals surface area contributed by atoms with Crippen LogP contribution in [0.5, 0.6) is 0 Å². The van der Waals surface area contributed by atoms with Crippen molar-refractivity contribution in [2.75, 3.05) is 13.2 Å². The van der Waals surface area contributed by atoms with Gasteiger partial charge in [0.25, 0.3) is 0 Å². The first-order chi connectivity index (χ1) is 12.0. The zero-order chi connectivity index (χ0) is 17.9. The van der Waals surface area contributed by atoms with Gasteiger partial charge in [0.05, 0.1) is 16.0 Å². The molecule has 25 heavy (non-hydrogen) atoms. The third-order valence-corrected chi connectivity index (χ3v) is 5.99. The largest absolute Gasteiger partial charge is 0.381 e. The first-order valence-corrected chi connectivity index (χ1v) is 9.78. The molecule has 1 aliphatic heterocycles. The fourth-order valence-electron chi connectivity index (χ4n) is 2.92. The normalized spacial score (nSPS) is 17.4. The molecule has 0 spiro atoms. The van der Waals surface area contributed by atoms with Crippen molar-refractivity contribution >= 4 is 21.6 Å². The van der Waals surface area contributed by atoms with Crippen LogP contribution < -0.4 is 4.72 Å². The van der Waals surface area contributed by atoms with Crippen molar-refractivity contribution in [1.82, 2.24) is 9.71 Å². The van der Waals surface area contributed by atoms with Gasteiger partial charge in [-0.3, -0.25) is 4.98 Å². The summed E-state index contributed by atoms with van der Waals surface area (Å²) in [4.78, 5) is 4.02. The van der Waals surface area contributed by atoms with E-state index in [1.54, 1.807) is 18.5 Å². The predicted molar refractivity (Wildman–Crippen MR) is 92.3 cm³/mol. The fraction of sp³-hybridized carbons (Fsp3) is 0.353. The van der Waals surface area contributed by atoms with Gasteiger partial charge in [-0.2, -0.15) is 0 Å². The zero-order valence-electron chi connectivity index (χ0n) is 13.4. The van der Waals surface area contributed by atoms with E-state index < -0.39 is 21.9 Å². The van der Waals surface area contributed by atoms with Gasteiger partial charge in [-0.05, 0) is 48.6 Å². The summed E-state index contributed by atoms with van der Waals surface area (Å²) in [5.41, 5.74) is 0.784. The minimum absolute atomic E-state index is 0.0696. The minimum Gasteiger partial charge on any atom is -0.381 e. The molecule has 2 aromatic rings. The Hall–Kier alpha value is -1.54. The van der Waals surface area contributed by atoms with Crippen LogP contribution in [0.25, 0.3) is 0 Å². The number of ether oxygens (including phenoxy) is 1. The second kappa shape index (κ2) is 7.78. The Morgan fingerprint density at radius 2 is 2.04 bits per heavy atom. The zero-order valence-corrected chi connectivity index (χ0v) is 14.9. The van der Waals surface area contributed by atoms with Gasteiger partial charge in [0, 0.05) is 25.6 Å². The Morgan fingerprint density at radius 3 is 2.68 bits per heavy atom. The molecule has 1 fully saturated rings. The SMILES string of the molecule is O=S(=O)(N[C@H](c1cccnc1)C1CCOCC1)c1ccc(F)c(Cl)c1. The van der Waals surface area contributed by atoms with Crippen LogP contribution >= 0.6 is 11.6 Å². The molecule has 8 heteroatoms. The molecule has 0 saturated carbocycles. The number of sulfonamides is 1. The number of rotatable bonds is 5. The first-order valence-electron chi connectivity index (χ1n) is 7.92. The topological polar surface area (TPSA) is 68.3 Å². The Morgan fingerprint density at radius 1 is 1.28 bits per heavy atom. The highest BCUT2D eigenvalue weighted by molar-refractivity contribution is 7.89. The van der Waals surface area contributed by atoms with Gasteiger partial charge in [0.1, 0.15) is 5.82 Å². The number of aromatic nitrogens is 1. The van der Waals surface area contributed by atoms with Crippen molar-refractivity contribution in [2.24, 2.45) is 5.92 Å². The molecule has 0 radical (unpaired) electrons. The Labute approximate surface area is 151 Å². The summed E-state index contributed by atoms with van der Waals surface area (Å²) < 4.78 is 47.0. The number of halogens is 2. The quantitative estimate of drug-likeness (QED) is 0.858. The van der Waals surface area contributed by atoms with E-state index in [0.717, 1.165) is 30.5 Å². The van der Waals surface area contributed by atoms with Crippen LogP contribution in [-0.4, -0.2) is 26.6 Å². The molecule has 1 saturated heterocycles. The highest BCUT2D eigenvalue weighted by Crippen LogP contribution is 2.31. The van der Waals surface area contributed by atoms with Crippen molar-refractivity contribution in [1.29, 1.82) is 0 Å². The first kappa shape index (κ1) is 18.3. The highest BCUT2D eigenvalue weighted by Gasteiger charge is 2.30. The number of benzene rings is 1. The number of hydrogen-bond acceptors (Lipinski definition) is 4. The summed E-state index contributed by atoms with van der Waals surface area (Å²) in [5, 5.41) is -0.230. The van der Waals surface area contributed by atoms with Gasteiger partial charge in [0.2, 0.25) is 10.0 Å².